The third-order valence-corrected chi connectivity index (χ3v) is 8.13. The van der Waals surface area contributed by atoms with E-state index < -0.39 is 46.7 Å². The second-order valence-corrected chi connectivity index (χ2v) is 12.8. The molecule has 4 aromatic rings. The minimum absolute atomic E-state index is 0.0331. The average molecular weight is 710 g/mol. The Bertz CT molecular complexity index is 1840. The number of rotatable bonds is 16. The first-order valence-electron chi connectivity index (χ1n) is 16.5. The van der Waals surface area contributed by atoms with Crippen molar-refractivity contribution < 1.29 is 24.1 Å². The molecule has 0 fully saturated rings. The molecule has 0 saturated carbocycles. The van der Waals surface area contributed by atoms with Gasteiger partial charge in [0.25, 0.3) is 5.69 Å². The zero-order valence-electron chi connectivity index (χ0n) is 28.3. The van der Waals surface area contributed by atoms with Crippen LogP contribution in [-0.4, -0.2) is 46.7 Å². The largest absolute Gasteiger partial charge is 0.342 e. The Morgan fingerprint density at radius 3 is 1.73 bits per heavy atom. The fourth-order valence-corrected chi connectivity index (χ4v) is 5.48. The van der Waals surface area contributed by atoms with Crippen molar-refractivity contribution in [1.29, 1.82) is 0 Å². The van der Waals surface area contributed by atoms with Gasteiger partial charge in [-0.25, -0.2) is 0 Å². The molecule has 0 heterocycles. The Morgan fingerprint density at radius 2 is 1.22 bits per heavy atom. The SMILES string of the molecule is CC(C)C[C@H](NC(=O)/C=C/c1ccccc1)C(=O)N[C@@H](Cc1ccccc1)C(=O)N[C@@H](Cc1ccccc1)C(=O)Nc1ccc([N+](=O)[O-])cc1Cl. The van der Waals surface area contributed by atoms with Gasteiger partial charge in [-0.05, 0) is 41.2 Å². The third-order valence-electron chi connectivity index (χ3n) is 7.82. The number of nitro groups is 1. The van der Waals surface area contributed by atoms with Crippen LogP contribution in [0.4, 0.5) is 11.4 Å². The zero-order valence-corrected chi connectivity index (χ0v) is 29.0. The fourth-order valence-electron chi connectivity index (χ4n) is 5.26. The van der Waals surface area contributed by atoms with Crippen molar-refractivity contribution >= 4 is 52.7 Å². The highest BCUT2D eigenvalue weighted by Gasteiger charge is 2.30. The molecule has 0 aliphatic carbocycles. The predicted octanol–water partition coefficient (Wildman–Crippen LogP) is 5.89. The molecule has 4 aromatic carbocycles. The first-order chi connectivity index (χ1) is 24.5. The van der Waals surface area contributed by atoms with E-state index >= 15 is 0 Å². The summed E-state index contributed by atoms with van der Waals surface area (Å²) in [6.45, 7) is 3.84. The number of non-ortho nitro benzene ring substituents is 1. The van der Waals surface area contributed by atoms with Crippen molar-refractivity contribution in [2.45, 2.75) is 51.2 Å². The van der Waals surface area contributed by atoms with Gasteiger partial charge in [0.2, 0.25) is 23.6 Å². The van der Waals surface area contributed by atoms with Crippen molar-refractivity contribution in [2.24, 2.45) is 5.92 Å². The highest BCUT2D eigenvalue weighted by atomic mass is 35.5. The molecule has 0 radical (unpaired) electrons. The van der Waals surface area contributed by atoms with Crippen molar-refractivity contribution in [2.75, 3.05) is 5.32 Å². The summed E-state index contributed by atoms with van der Waals surface area (Å²) in [6, 6.07) is 27.8. The van der Waals surface area contributed by atoms with E-state index in [9.17, 15) is 29.3 Å². The van der Waals surface area contributed by atoms with E-state index in [0.717, 1.165) is 22.8 Å². The number of halogens is 1. The Labute approximate surface area is 301 Å². The van der Waals surface area contributed by atoms with E-state index in [4.69, 9.17) is 11.6 Å². The fraction of sp³-hybridized carbons (Fsp3) is 0.231. The molecule has 0 bridgehead atoms. The second kappa shape index (κ2) is 18.8. The van der Waals surface area contributed by atoms with Crippen LogP contribution in [-0.2, 0) is 32.0 Å². The summed E-state index contributed by atoms with van der Waals surface area (Å²) in [6.07, 6.45) is 3.50. The van der Waals surface area contributed by atoms with Gasteiger partial charge < -0.3 is 21.3 Å². The topological polar surface area (TPSA) is 160 Å². The summed E-state index contributed by atoms with van der Waals surface area (Å²) in [5.74, 6) is -2.23. The van der Waals surface area contributed by atoms with E-state index in [1.54, 1.807) is 30.3 Å². The number of amides is 4. The minimum Gasteiger partial charge on any atom is -0.342 e. The molecular formula is C39H40ClN5O6. The van der Waals surface area contributed by atoms with Gasteiger partial charge in [-0.15, -0.1) is 0 Å². The van der Waals surface area contributed by atoms with Crippen molar-refractivity contribution in [3.63, 3.8) is 0 Å². The third kappa shape index (κ3) is 12.2. The Hall–Kier alpha value is -5.81. The molecule has 11 nitrogen and oxygen atoms in total. The maximum atomic E-state index is 14.0. The van der Waals surface area contributed by atoms with Crippen molar-refractivity contribution in [3.05, 3.63) is 147 Å². The molecule has 4 N–H and O–H groups in total. The molecule has 0 aliphatic heterocycles. The number of carbonyl (C=O) groups is 4. The molecule has 3 atom stereocenters. The number of nitrogens with one attached hydrogen (secondary N) is 4. The monoisotopic (exact) mass is 709 g/mol. The van der Waals surface area contributed by atoms with E-state index in [-0.39, 0.29) is 35.2 Å². The average Bonchev–Trinajstić information content (AvgIpc) is 3.11. The van der Waals surface area contributed by atoms with Crippen LogP contribution in [0, 0.1) is 16.0 Å². The summed E-state index contributed by atoms with van der Waals surface area (Å²) < 4.78 is 0. The van der Waals surface area contributed by atoms with E-state index in [0.29, 0.717) is 6.42 Å². The molecular weight excluding hydrogens is 670 g/mol. The number of benzene rings is 4. The lowest BCUT2D eigenvalue weighted by Gasteiger charge is -2.26. The molecule has 0 aliphatic rings. The smallest absolute Gasteiger partial charge is 0.271 e. The zero-order chi connectivity index (χ0) is 36.8. The van der Waals surface area contributed by atoms with Crippen LogP contribution in [0.3, 0.4) is 0 Å². The number of carbonyl (C=O) groups excluding carboxylic acids is 4. The number of anilines is 1. The van der Waals surface area contributed by atoms with E-state index in [2.05, 4.69) is 21.3 Å². The first kappa shape index (κ1) is 38.0. The summed E-state index contributed by atoms with van der Waals surface area (Å²) in [5.41, 5.74) is 2.21. The van der Waals surface area contributed by atoms with Crippen LogP contribution in [0.15, 0.2) is 115 Å². The van der Waals surface area contributed by atoms with Gasteiger partial charge in [0.15, 0.2) is 0 Å². The summed E-state index contributed by atoms with van der Waals surface area (Å²) in [7, 11) is 0. The van der Waals surface area contributed by atoms with Crippen LogP contribution >= 0.6 is 11.6 Å². The van der Waals surface area contributed by atoms with E-state index in [1.165, 1.54) is 18.2 Å². The molecule has 264 valence electrons. The normalized spacial score (nSPS) is 12.8. The number of hydrogen-bond donors (Lipinski definition) is 4. The minimum atomic E-state index is -1.13. The van der Waals surface area contributed by atoms with Crippen LogP contribution in [0.2, 0.25) is 5.02 Å². The second-order valence-electron chi connectivity index (χ2n) is 12.3. The molecule has 0 unspecified atom stereocenters. The summed E-state index contributed by atoms with van der Waals surface area (Å²) in [5, 5.41) is 22.2. The molecule has 4 rings (SSSR count). The van der Waals surface area contributed by atoms with Crippen LogP contribution < -0.4 is 21.3 Å². The van der Waals surface area contributed by atoms with Gasteiger partial charge >= 0.3 is 0 Å². The molecule has 4 amide bonds. The standard InChI is InChI=1S/C39H40ClN5O6/c1-26(2)22-33(41-36(46)21-18-27-12-6-3-7-13-27)37(47)43-35(24-29-16-10-5-11-17-29)39(49)44-34(23-28-14-8-4-9-15-28)38(48)42-32-20-19-30(45(50)51)25-31(32)40/h3-21,25-26,33-35H,22-24H2,1-2H3,(H,41,46)(H,42,48)(H,43,47)(H,44,49)/b21-18+/t33-,34-,35-/m0/s1. The van der Waals surface area contributed by atoms with Gasteiger partial charge in [-0.1, -0.05) is 116 Å². The maximum absolute atomic E-state index is 14.0. The van der Waals surface area contributed by atoms with Crippen molar-refractivity contribution in [1.82, 2.24) is 16.0 Å². The molecule has 0 saturated heterocycles. The van der Waals surface area contributed by atoms with Gasteiger partial charge in [-0.3, -0.25) is 29.3 Å². The number of nitro benzene ring substituents is 1. The highest BCUT2D eigenvalue weighted by molar-refractivity contribution is 6.34. The lowest BCUT2D eigenvalue weighted by molar-refractivity contribution is -0.384. The van der Waals surface area contributed by atoms with Gasteiger partial charge in [0.1, 0.15) is 18.1 Å². The quantitative estimate of drug-likeness (QED) is 0.0646. The Kier molecular flexibility index (Phi) is 14.0. The predicted molar refractivity (Wildman–Crippen MR) is 198 cm³/mol. The summed E-state index contributed by atoms with van der Waals surface area (Å²) in [4.78, 5) is 65.0. The number of nitrogens with zero attached hydrogens (tertiary/aromatic N) is 1. The van der Waals surface area contributed by atoms with Crippen LogP contribution in [0.25, 0.3) is 6.08 Å². The van der Waals surface area contributed by atoms with E-state index in [1.807, 2.05) is 80.6 Å². The Balaban J connectivity index is 1.57. The van der Waals surface area contributed by atoms with Crippen LogP contribution in [0.1, 0.15) is 37.0 Å². The van der Waals surface area contributed by atoms with Gasteiger partial charge in [0.05, 0.1) is 15.6 Å². The van der Waals surface area contributed by atoms with Crippen molar-refractivity contribution in [3.8, 4) is 0 Å². The molecule has 0 aromatic heterocycles. The maximum Gasteiger partial charge on any atom is 0.271 e. The number of hydrogen-bond acceptors (Lipinski definition) is 6. The lowest BCUT2D eigenvalue weighted by Crippen LogP contribution is -2.57. The van der Waals surface area contributed by atoms with Crippen LogP contribution in [0.5, 0.6) is 0 Å². The molecule has 12 heteroatoms. The molecule has 0 spiro atoms. The summed E-state index contributed by atoms with van der Waals surface area (Å²) >= 11 is 6.25. The van der Waals surface area contributed by atoms with Gasteiger partial charge in [0, 0.05) is 31.1 Å². The first-order valence-corrected chi connectivity index (χ1v) is 16.8. The lowest BCUT2D eigenvalue weighted by atomic mass is 10.00. The van der Waals surface area contributed by atoms with Gasteiger partial charge in [-0.2, -0.15) is 0 Å². The molecule has 51 heavy (non-hydrogen) atoms. The Morgan fingerprint density at radius 1 is 0.706 bits per heavy atom. The highest BCUT2D eigenvalue weighted by Crippen LogP contribution is 2.27.